The Labute approximate surface area is 173 Å². The minimum atomic E-state index is -0.390. The SMILES string of the molecule is Cc1ccc(COc2ccc(CC(C)NC(=O)C3CNCCO3)cc2)cc1.Cl. The Balaban J connectivity index is 0.00000280. The van der Waals surface area contributed by atoms with Crippen molar-refractivity contribution >= 4 is 18.3 Å². The first-order chi connectivity index (χ1) is 13.1. The first-order valence-corrected chi connectivity index (χ1v) is 9.50. The largest absolute Gasteiger partial charge is 0.489 e. The number of nitrogens with one attached hydrogen (secondary N) is 2. The van der Waals surface area contributed by atoms with Crippen LogP contribution in [0.5, 0.6) is 5.75 Å². The molecule has 0 aliphatic carbocycles. The van der Waals surface area contributed by atoms with Crippen LogP contribution < -0.4 is 15.4 Å². The zero-order valence-corrected chi connectivity index (χ0v) is 17.3. The van der Waals surface area contributed by atoms with Gasteiger partial charge in [0.05, 0.1) is 6.61 Å². The van der Waals surface area contributed by atoms with Gasteiger partial charge in [-0.1, -0.05) is 42.0 Å². The van der Waals surface area contributed by atoms with Gasteiger partial charge >= 0.3 is 0 Å². The monoisotopic (exact) mass is 404 g/mol. The van der Waals surface area contributed by atoms with E-state index < -0.39 is 6.10 Å². The van der Waals surface area contributed by atoms with Gasteiger partial charge in [0.15, 0.2) is 0 Å². The molecule has 1 amide bonds. The maximum absolute atomic E-state index is 12.2. The molecule has 0 aromatic heterocycles. The van der Waals surface area contributed by atoms with E-state index in [-0.39, 0.29) is 24.4 Å². The molecular weight excluding hydrogens is 376 g/mol. The summed E-state index contributed by atoms with van der Waals surface area (Å²) in [5, 5.41) is 6.20. The Morgan fingerprint density at radius 2 is 1.86 bits per heavy atom. The Bertz CT molecular complexity index is 728. The van der Waals surface area contributed by atoms with Crippen LogP contribution in [0.2, 0.25) is 0 Å². The molecular formula is C22H29ClN2O3. The van der Waals surface area contributed by atoms with E-state index in [2.05, 4.69) is 41.8 Å². The summed E-state index contributed by atoms with van der Waals surface area (Å²) < 4.78 is 11.3. The summed E-state index contributed by atoms with van der Waals surface area (Å²) in [5.74, 6) is 0.797. The van der Waals surface area contributed by atoms with E-state index in [9.17, 15) is 4.79 Å². The van der Waals surface area contributed by atoms with Gasteiger partial charge in [0.2, 0.25) is 0 Å². The fraction of sp³-hybridized carbons (Fsp3) is 0.409. The third kappa shape index (κ3) is 6.82. The van der Waals surface area contributed by atoms with E-state index in [0.717, 1.165) is 29.8 Å². The number of halogens is 1. The second-order valence-electron chi connectivity index (χ2n) is 7.10. The normalized spacial score (nSPS) is 17.3. The van der Waals surface area contributed by atoms with E-state index in [4.69, 9.17) is 9.47 Å². The van der Waals surface area contributed by atoms with E-state index in [1.165, 1.54) is 5.56 Å². The van der Waals surface area contributed by atoms with Crippen molar-refractivity contribution in [2.45, 2.75) is 39.0 Å². The van der Waals surface area contributed by atoms with Crippen LogP contribution in [0.25, 0.3) is 0 Å². The minimum Gasteiger partial charge on any atom is -0.489 e. The molecule has 6 heteroatoms. The fourth-order valence-corrected chi connectivity index (χ4v) is 3.05. The molecule has 28 heavy (non-hydrogen) atoms. The highest BCUT2D eigenvalue weighted by molar-refractivity contribution is 5.85. The predicted molar refractivity (Wildman–Crippen MR) is 113 cm³/mol. The first kappa shape index (κ1) is 22.2. The van der Waals surface area contributed by atoms with Crippen LogP contribution in [0.15, 0.2) is 48.5 Å². The summed E-state index contributed by atoms with van der Waals surface area (Å²) in [6.07, 6.45) is 0.378. The highest BCUT2D eigenvalue weighted by Crippen LogP contribution is 2.16. The van der Waals surface area contributed by atoms with Gasteiger partial charge in [-0.15, -0.1) is 12.4 Å². The number of morpholine rings is 1. The number of amides is 1. The van der Waals surface area contributed by atoms with Gasteiger partial charge in [-0.25, -0.2) is 0 Å². The Morgan fingerprint density at radius 3 is 2.50 bits per heavy atom. The number of carbonyl (C=O) groups is 1. The predicted octanol–water partition coefficient (Wildman–Crippen LogP) is 3.03. The van der Waals surface area contributed by atoms with E-state index >= 15 is 0 Å². The molecule has 2 atom stereocenters. The van der Waals surface area contributed by atoms with Gasteiger partial charge < -0.3 is 20.1 Å². The second-order valence-corrected chi connectivity index (χ2v) is 7.10. The second kappa shape index (κ2) is 11.1. The summed E-state index contributed by atoms with van der Waals surface area (Å²) >= 11 is 0. The molecule has 1 aliphatic rings. The lowest BCUT2D eigenvalue weighted by Crippen LogP contribution is -2.50. The molecule has 1 aliphatic heterocycles. The van der Waals surface area contributed by atoms with E-state index in [1.807, 2.05) is 31.2 Å². The summed E-state index contributed by atoms with van der Waals surface area (Å²) in [6.45, 7) is 6.60. The number of aryl methyl sites for hydroxylation is 1. The summed E-state index contributed by atoms with van der Waals surface area (Å²) in [4.78, 5) is 12.2. The molecule has 2 N–H and O–H groups in total. The number of hydrogen-bond donors (Lipinski definition) is 2. The van der Waals surface area contributed by atoms with Crippen molar-refractivity contribution in [3.8, 4) is 5.75 Å². The van der Waals surface area contributed by atoms with Crippen LogP contribution in [0, 0.1) is 6.92 Å². The molecule has 0 spiro atoms. The molecule has 5 nitrogen and oxygen atoms in total. The zero-order chi connectivity index (χ0) is 19.1. The Kier molecular flexibility index (Phi) is 8.77. The maximum atomic E-state index is 12.2. The molecule has 1 fully saturated rings. The van der Waals surface area contributed by atoms with Crippen LogP contribution in [-0.4, -0.2) is 37.7 Å². The third-order valence-electron chi connectivity index (χ3n) is 4.60. The Morgan fingerprint density at radius 1 is 1.18 bits per heavy atom. The Hall–Kier alpha value is -2.08. The van der Waals surface area contributed by atoms with Gasteiger partial charge in [0, 0.05) is 19.1 Å². The van der Waals surface area contributed by atoms with Crippen LogP contribution in [0.3, 0.4) is 0 Å². The summed E-state index contributed by atoms with van der Waals surface area (Å²) in [7, 11) is 0. The molecule has 1 heterocycles. The summed E-state index contributed by atoms with van der Waals surface area (Å²) in [6, 6.07) is 16.4. The van der Waals surface area contributed by atoms with Crippen molar-refractivity contribution in [2.24, 2.45) is 0 Å². The molecule has 3 rings (SSSR count). The standard InChI is InChI=1S/C22H28N2O3.ClH/c1-16-3-5-19(6-4-16)15-27-20-9-7-18(8-10-20)13-17(2)24-22(25)21-14-23-11-12-26-21;/h3-10,17,21,23H,11-15H2,1-2H3,(H,24,25);1H. The average Bonchev–Trinajstić information content (AvgIpc) is 2.69. The van der Waals surface area contributed by atoms with Gasteiger partial charge in [-0.05, 0) is 43.5 Å². The third-order valence-corrected chi connectivity index (χ3v) is 4.60. The molecule has 2 unspecified atom stereocenters. The smallest absolute Gasteiger partial charge is 0.250 e. The van der Waals surface area contributed by atoms with Crippen molar-refractivity contribution in [2.75, 3.05) is 19.7 Å². The number of rotatable bonds is 7. The topological polar surface area (TPSA) is 59.6 Å². The van der Waals surface area contributed by atoms with E-state index in [1.54, 1.807) is 0 Å². The highest BCUT2D eigenvalue weighted by atomic mass is 35.5. The van der Waals surface area contributed by atoms with Gasteiger partial charge in [-0.3, -0.25) is 4.79 Å². The number of hydrogen-bond acceptors (Lipinski definition) is 4. The molecule has 2 aromatic carbocycles. The quantitative estimate of drug-likeness (QED) is 0.744. The van der Waals surface area contributed by atoms with Crippen molar-refractivity contribution in [3.63, 3.8) is 0 Å². The molecule has 152 valence electrons. The fourth-order valence-electron chi connectivity index (χ4n) is 3.05. The van der Waals surface area contributed by atoms with Gasteiger partial charge in [-0.2, -0.15) is 0 Å². The van der Waals surface area contributed by atoms with Gasteiger partial charge in [0.25, 0.3) is 5.91 Å². The van der Waals surface area contributed by atoms with Gasteiger partial charge in [0.1, 0.15) is 18.5 Å². The summed E-state index contributed by atoms with van der Waals surface area (Å²) in [5.41, 5.74) is 3.56. The molecule has 1 saturated heterocycles. The minimum absolute atomic E-state index is 0. The zero-order valence-electron chi connectivity index (χ0n) is 16.4. The number of benzene rings is 2. The average molecular weight is 405 g/mol. The molecule has 2 aromatic rings. The maximum Gasteiger partial charge on any atom is 0.250 e. The van der Waals surface area contributed by atoms with Crippen molar-refractivity contribution in [3.05, 3.63) is 65.2 Å². The van der Waals surface area contributed by atoms with Crippen LogP contribution in [0.4, 0.5) is 0 Å². The molecule has 0 saturated carbocycles. The molecule has 0 bridgehead atoms. The number of carbonyl (C=O) groups excluding carboxylic acids is 1. The first-order valence-electron chi connectivity index (χ1n) is 9.50. The van der Waals surface area contributed by atoms with Crippen LogP contribution >= 0.6 is 12.4 Å². The van der Waals surface area contributed by atoms with Crippen LogP contribution in [0.1, 0.15) is 23.6 Å². The van der Waals surface area contributed by atoms with Crippen molar-refractivity contribution in [1.29, 1.82) is 0 Å². The van der Waals surface area contributed by atoms with Crippen LogP contribution in [-0.2, 0) is 22.6 Å². The van der Waals surface area contributed by atoms with E-state index in [0.29, 0.717) is 19.8 Å². The van der Waals surface area contributed by atoms with Crippen molar-refractivity contribution in [1.82, 2.24) is 10.6 Å². The lowest BCUT2D eigenvalue weighted by atomic mass is 10.1. The lowest BCUT2D eigenvalue weighted by molar-refractivity contribution is -0.134. The van der Waals surface area contributed by atoms with Crippen molar-refractivity contribution < 1.29 is 14.3 Å². The molecule has 0 radical (unpaired) electrons. The highest BCUT2D eigenvalue weighted by Gasteiger charge is 2.22. The number of ether oxygens (including phenoxy) is 2. The lowest BCUT2D eigenvalue weighted by Gasteiger charge is -2.24.